The van der Waals surface area contributed by atoms with Crippen molar-refractivity contribution in [2.45, 2.75) is 18.8 Å². The van der Waals surface area contributed by atoms with Crippen LogP contribution in [-0.4, -0.2) is 5.90 Å². The Bertz CT molecular complexity index is 1260. The highest BCUT2D eigenvalue weighted by Crippen LogP contribution is 2.69. The van der Waals surface area contributed by atoms with Gasteiger partial charge in [-0.15, -0.1) is 0 Å². The number of halogens is 4. The van der Waals surface area contributed by atoms with Gasteiger partial charge in [0.15, 0.2) is 5.41 Å². The van der Waals surface area contributed by atoms with Gasteiger partial charge in [0.05, 0.1) is 29.1 Å². The van der Waals surface area contributed by atoms with Crippen LogP contribution in [0, 0.1) is 62.0 Å². The number of nitriles is 3. The maximum Gasteiger partial charge on any atom is 0.245 e. The molecule has 2 heterocycles. The van der Waals surface area contributed by atoms with E-state index in [1.54, 1.807) is 0 Å². The third-order valence-corrected chi connectivity index (χ3v) is 7.11. The standard InChI is InChI=1S/C22H12Cl3FN4O2/c1-11-21(10-29)19(30)32-22(11,13-6-5-12(23)7-15(13)25)31-18(20(21,8-27)9-28)17-14(24)3-2-4-16(17)26/h2-7,11,18,30H,1H3. The topological polar surface area (TPSA) is 114 Å². The predicted molar refractivity (Wildman–Crippen MR) is 113 cm³/mol. The van der Waals surface area contributed by atoms with Gasteiger partial charge in [-0.25, -0.2) is 4.39 Å². The second-order valence-corrected chi connectivity index (χ2v) is 8.78. The average molecular weight is 490 g/mol. The molecule has 1 N–H and O–H groups in total. The first-order chi connectivity index (χ1) is 15.1. The molecule has 2 bridgehead atoms. The van der Waals surface area contributed by atoms with Crippen LogP contribution in [0.15, 0.2) is 36.4 Å². The van der Waals surface area contributed by atoms with Crippen molar-refractivity contribution in [3.05, 3.63) is 68.4 Å². The molecule has 0 amide bonds. The van der Waals surface area contributed by atoms with Gasteiger partial charge in [0.25, 0.3) is 0 Å². The van der Waals surface area contributed by atoms with Crippen molar-refractivity contribution in [1.29, 1.82) is 21.2 Å². The van der Waals surface area contributed by atoms with Crippen LogP contribution in [0.3, 0.4) is 0 Å². The fraction of sp³-hybridized carbons (Fsp3) is 0.273. The maximum absolute atomic E-state index is 15.0. The van der Waals surface area contributed by atoms with Gasteiger partial charge < -0.3 is 9.47 Å². The molecule has 32 heavy (non-hydrogen) atoms. The minimum atomic E-state index is -2.36. The number of hydrogen-bond donors (Lipinski definition) is 1. The molecule has 6 nitrogen and oxygen atoms in total. The monoisotopic (exact) mass is 488 g/mol. The molecule has 0 aliphatic carbocycles. The van der Waals surface area contributed by atoms with Crippen molar-refractivity contribution < 1.29 is 13.9 Å². The minimum absolute atomic E-state index is 0.102. The summed E-state index contributed by atoms with van der Waals surface area (Å²) in [4.78, 5) is 0. The van der Waals surface area contributed by atoms with Gasteiger partial charge in [-0.3, -0.25) is 5.41 Å². The summed E-state index contributed by atoms with van der Waals surface area (Å²) in [6.07, 6.45) is -1.68. The van der Waals surface area contributed by atoms with Crippen LogP contribution in [0.4, 0.5) is 4.39 Å². The lowest BCUT2D eigenvalue weighted by Gasteiger charge is -2.49. The highest BCUT2D eigenvalue weighted by Gasteiger charge is 2.80. The predicted octanol–water partition coefficient (Wildman–Crippen LogP) is 5.90. The number of rotatable bonds is 2. The lowest BCUT2D eigenvalue weighted by atomic mass is 9.53. The van der Waals surface area contributed by atoms with E-state index >= 15 is 4.39 Å². The first kappa shape index (κ1) is 22.3. The molecular weight excluding hydrogens is 478 g/mol. The molecule has 4 atom stereocenters. The van der Waals surface area contributed by atoms with E-state index in [0.717, 1.165) is 6.07 Å². The number of fused-ring (bicyclic) bond motifs is 2. The SMILES string of the molecule is CC1C2(c3ccc(Cl)cc3Cl)OC(=N)C1(C#N)C(C#N)(C#N)C(c1c(F)cccc1Cl)O2. The molecule has 0 saturated carbocycles. The van der Waals surface area contributed by atoms with Gasteiger partial charge in [0.1, 0.15) is 11.9 Å². The molecule has 160 valence electrons. The van der Waals surface area contributed by atoms with Crippen LogP contribution in [0.25, 0.3) is 0 Å². The van der Waals surface area contributed by atoms with Gasteiger partial charge in [-0.05, 0) is 30.3 Å². The lowest BCUT2D eigenvalue weighted by Crippen LogP contribution is -2.57. The van der Waals surface area contributed by atoms with Crippen LogP contribution < -0.4 is 0 Å². The zero-order valence-electron chi connectivity index (χ0n) is 16.3. The van der Waals surface area contributed by atoms with Gasteiger partial charge >= 0.3 is 0 Å². The van der Waals surface area contributed by atoms with E-state index in [0.29, 0.717) is 5.02 Å². The smallest absolute Gasteiger partial charge is 0.245 e. The van der Waals surface area contributed by atoms with Crippen LogP contribution in [-0.2, 0) is 15.3 Å². The summed E-state index contributed by atoms with van der Waals surface area (Å²) >= 11 is 18.7. The first-order valence-corrected chi connectivity index (χ1v) is 10.4. The molecule has 2 saturated heterocycles. The Morgan fingerprint density at radius 2 is 1.72 bits per heavy atom. The van der Waals surface area contributed by atoms with Crippen molar-refractivity contribution in [1.82, 2.24) is 0 Å². The Labute approximate surface area is 197 Å². The largest absolute Gasteiger partial charge is 0.443 e. The highest BCUT2D eigenvalue weighted by molar-refractivity contribution is 6.35. The zero-order chi connectivity index (χ0) is 23.5. The Morgan fingerprint density at radius 1 is 1.03 bits per heavy atom. The van der Waals surface area contributed by atoms with Gasteiger partial charge in [-0.2, -0.15) is 15.8 Å². The number of ether oxygens (including phenoxy) is 2. The summed E-state index contributed by atoms with van der Waals surface area (Å²) in [6, 6.07) is 13.9. The molecule has 2 aliphatic rings. The van der Waals surface area contributed by atoms with Crippen molar-refractivity contribution in [2.24, 2.45) is 16.7 Å². The number of hydrogen-bond acceptors (Lipinski definition) is 6. The van der Waals surface area contributed by atoms with E-state index in [-0.39, 0.29) is 21.2 Å². The third-order valence-electron chi connectivity index (χ3n) is 6.24. The first-order valence-electron chi connectivity index (χ1n) is 9.24. The number of nitrogens with one attached hydrogen (secondary N) is 1. The summed E-state index contributed by atoms with van der Waals surface area (Å²) in [6.45, 7) is 1.51. The lowest BCUT2D eigenvalue weighted by molar-refractivity contribution is -0.289. The molecule has 4 rings (SSSR count). The summed E-state index contributed by atoms with van der Waals surface area (Å²) in [7, 11) is 0. The maximum atomic E-state index is 15.0. The minimum Gasteiger partial charge on any atom is -0.443 e. The Balaban J connectivity index is 2.11. The second-order valence-electron chi connectivity index (χ2n) is 7.53. The number of nitrogens with zero attached hydrogens (tertiary/aromatic N) is 3. The van der Waals surface area contributed by atoms with Gasteiger partial charge in [-0.1, -0.05) is 47.8 Å². The fourth-order valence-corrected chi connectivity index (χ4v) is 5.44. The van der Waals surface area contributed by atoms with Crippen LogP contribution in [0.1, 0.15) is 24.2 Å². The molecular formula is C22H12Cl3FN4O2. The van der Waals surface area contributed by atoms with Crippen molar-refractivity contribution in [3.63, 3.8) is 0 Å². The average Bonchev–Trinajstić information content (AvgIpc) is 2.91. The van der Waals surface area contributed by atoms with Crippen LogP contribution in [0.2, 0.25) is 15.1 Å². The van der Waals surface area contributed by atoms with Crippen molar-refractivity contribution >= 4 is 40.7 Å². The quantitative estimate of drug-likeness (QED) is 0.564. The van der Waals surface area contributed by atoms with Gasteiger partial charge in [0.2, 0.25) is 17.1 Å². The normalized spacial score (nSPS) is 30.0. The summed E-state index contributed by atoms with van der Waals surface area (Å²) in [5.74, 6) is -4.45. The van der Waals surface area contributed by atoms with Crippen molar-refractivity contribution in [3.8, 4) is 18.2 Å². The van der Waals surface area contributed by atoms with Crippen LogP contribution in [0.5, 0.6) is 0 Å². The molecule has 0 aromatic heterocycles. The van der Waals surface area contributed by atoms with Gasteiger partial charge in [0, 0.05) is 21.2 Å². The van der Waals surface area contributed by atoms with E-state index < -0.39 is 40.4 Å². The Hall–Kier alpha value is -2.86. The zero-order valence-corrected chi connectivity index (χ0v) is 18.6. The number of benzene rings is 2. The molecule has 2 aromatic carbocycles. The van der Waals surface area contributed by atoms with Crippen molar-refractivity contribution in [2.75, 3.05) is 0 Å². The third kappa shape index (κ3) is 2.50. The summed E-state index contributed by atoms with van der Waals surface area (Å²) in [5.41, 5.74) is -4.56. The highest BCUT2D eigenvalue weighted by atomic mass is 35.5. The van der Waals surface area contributed by atoms with E-state index in [2.05, 4.69) is 0 Å². The van der Waals surface area contributed by atoms with E-state index in [4.69, 9.17) is 49.7 Å². The molecule has 2 fully saturated rings. The summed E-state index contributed by atoms with van der Waals surface area (Å²) in [5, 5.41) is 39.5. The molecule has 2 aliphatic heterocycles. The molecule has 10 heteroatoms. The molecule has 0 spiro atoms. The summed E-state index contributed by atoms with van der Waals surface area (Å²) < 4.78 is 27.0. The van der Waals surface area contributed by atoms with E-state index in [1.807, 2.05) is 18.2 Å². The molecule has 0 radical (unpaired) electrons. The Kier molecular flexibility index (Phi) is 5.12. The molecule has 4 unspecified atom stereocenters. The van der Waals surface area contributed by atoms with E-state index in [9.17, 15) is 15.8 Å². The van der Waals surface area contributed by atoms with E-state index in [1.165, 1.54) is 37.3 Å². The molecule has 2 aromatic rings. The fourth-order valence-electron chi connectivity index (χ4n) is 4.63. The van der Waals surface area contributed by atoms with Crippen LogP contribution >= 0.6 is 34.8 Å². The Morgan fingerprint density at radius 3 is 2.28 bits per heavy atom. The second kappa shape index (κ2) is 7.34.